The van der Waals surface area contributed by atoms with Crippen LogP contribution in [0.2, 0.25) is 0 Å². The van der Waals surface area contributed by atoms with Crippen LogP contribution in [0.5, 0.6) is 0 Å². The summed E-state index contributed by atoms with van der Waals surface area (Å²) in [5.74, 6) is 0.104. The molecule has 5 heteroatoms. The molecule has 21 heavy (non-hydrogen) atoms. The molecule has 1 aliphatic rings. The molecule has 1 unspecified atom stereocenters. The lowest BCUT2D eigenvalue weighted by Crippen LogP contribution is -2.31. The summed E-state index contributed by atoms with van der Waals surface area (Å²) in [6, 6.07) is 9.95. The Morgan fingerprint density at radius 2 is 2.24 bits per heavy atom. The van der Waals surface area contributed by atoms with E-state index in [1.54, 1.807) is 6.20 Å². The standard InChI is InChI=1S/C16H14BrIN2O/c17-12-5-6-14(18)13(9-12)16(21)20-8-2-4-15(20)11-3-1-7-19-10-11/h1,3,5-7,9-10,15H,2,4,8H2. The molecular weight excluding hydrogens is 443 g/mol. The van der Waals surface area contributed by atoms with Crippen LogP contribution in [-0.4, -0.2) is 22.3 Å². The van der Waals surface area contributed by atoms with Gasteiger partial charge in [0.15, 0.2) is 0 Å². The third-order valence-electron chi connectivity index (χ3n) is 3.74. The highest BCUT2D eigenvalue weighted by Crippen LogP contribution is 2.33. The summed E-state index contributed by atoms with van der Waals surface area (Å²) >= 11 is 5.67. The monoisotopic (exact) mass is 456 g/mol. The highest BCUT2D eigenvalue weighted by atomic mass is 127. The number of aromatic nitrogens is 1. The van der Waals surface area contributed by atoms with E-state index in [0.29, 0.717) is 0 Å². The zero-order valence-electron chi connectivity index (χ0n) is 11.3. The normalized spacial score (nSPS) is 18.0. The Kier molecular flexibility index (Phi) is 4.59. The molecule has 0 radical (unpaired) electrons. The molecule has 0 N–H and O–H groups in total. The number of nitrogens with zero attached hydrogens (tertiary/aromatic N) is 2. The van der Waals surface area contributed by atoms with Crippen LogP contribution in [0.1, 0.15) is 34.8 Å². The van der Waals surface area contributed by atoms with Gasteiger partial charge < -0.3 is 4.90 Å². The second-order valence-electron chi connectivity index (χ2n) is 5.07. The van der Waals surface area contributed by atoms with E-state index >= 15 is 0 Å². The molecule has 0 bridgehead atoms. The number of hydrogen-bond acceptors (Lipinski definition) is 2. The smallest absolute Gasteiger partial charge is 0.255 e. The number of likely N-dealkylation sites (tertiary alicyclic amines) is 1. The summed E-state index contributed by atoms with van der Waals surface area (Å²) < 4.78 is 1.92. The Morgan fingerprint density at radius 3 is 3.00 bits per heavy atom. The van der Waals surface area contributed by atoms with Gasteiger partial charge in [-0.1, -0.05) is 22.0 Å². The molecule has 3 rings (SSSR count). The Balaban J connectivity index is 1.92. The molecule has 0 aliphatic carbocycles. The van der Waals surface area contributed by atoms with Gasteiger partial charge in [0, 0.05) is 27.0 Å². The zero-order valence-corrected chi connectivity index (χ0v) is 15.0. The summed E-state index contributed by atoms with van der Waals surface area (Å²) in [6.45, 7) is 0.807. The molecule has 0 spiro atoms. The van der Waals surface area contributed by atoms with Crippen LogP contribution >= 0.6 is 38.5 Å². The van der Waals surface area contributed by atoms with E-state index in [0.717, 1.165) is 38.6 Å². The number of carbonyl (C=O) groups excluding carboxylic acids is 1. The van der Waals surface area contributed by atoms with Crippen LogP contribution in [0.4, 0.5) is 0 Å². The van der Waals surface area contributed by atoms with E-state index in [2.05, 4.69) is 49.6 Å². The fourth-order valence-corrected chi connectivity index (χ4v) is 3.67. The minimum atomic E-state index is 0.104. The number of hydrogen-bond donors (Lipinski definition) is 0. The van der Waals surface area contributed by atoms with Crippen molar-refractivity contribution in [3.05, 3.63) is 61.9 Å². The Bertz CT molecular complexity index is 663. The van der Waals surface area contributed by atoms with Gasteiger partial charge in [0.05, 0.1) is 11.6 Å². The van der Waals surface area contributed by atoms with Crippen LogP contribution < -0.4 is 0 Å². The molecule has 1 atom stereocenters. The molecular formula is C16H14BrIN2O. The summed E-state index contributed by atoms with van der Waals surface area (Å²) in [7, 11) is 0. The average Bonchev–Trinajstić information content (AvgIpc) is 2.99. The molecule has 1 aromatic heterocycles. The maximum Gasteiger partial charge on any atom is 0.255 e. The van der Waals surface area contributed by atoms with Crippen molar-refractivity contribution < 1.29 is 4.79 Å². The van der Waals surface area contributed by atoms with Crippen LogP contribution in [0.25, 0.3) is 0 Å². The van der Waals surface area contributed by atoms with Gasteiger partial charge in [-0.25, -0.2) is 0 Å². The number of halogens is 2. The topological polar surface area (TPSA) is 33.2 Å². The summed E-state index contributed by atoms with van der Waals surface area (Å²) in [5, 5.41) is 0. The van der Waals surface area contributed by atoms with Gasteiger partial charge in [0.1, 0.15) is 0 Å². The molecule has 1 amide bonds. The first kappa shape index (κ1) is 15.0. The van der Waals surface area contributed by atoms with Gasteiger partial charge in [0.25, 0.3) is 5.91 Å². The van der Waals surface area contributed by atoms with E-state index in [1.807, 2.05) is 35.4 Å². The predicted molar refractivity (Wildman–Crippen MR) is 94.1 cm³/mol. The van der Waals surface area contributed by atoms with Gasteiger partial charge in [-0.05, 0) is 65.3 Å². The van der Waals surface area contributed by atoms with Crippen LogP contribution in [0.15, 0.2) is 47.2 Å². The summed E-state index contributed by atoms with van der Waals surface area (Å²) in [5.41, 5.74) is 1.88. The van der Waals surface area contributed by atoms with Crippen LogP contribution in [-0.2, 0) is 0 Å². The fourth-order valence-electron chi connectivity index (χ4n) is 2.75. The largest absolute Gasteiger partial charge is 0.332 e. The van der Waals surface area contributed by atoms with Crippen molar-refractivity contribution in [1.29, 1.82) is 0 Å². The van der Waals surface area contributed by atoms with E-state index in [-0.39, 0.29) is 11.9 Å². The summed E-state index contributed by atoms with van der Waals surface area (Å²) in [6.07, 6.45) is 5.67. The molecule has 0 saturated carbocycles. The highest BCUT2D eigenvalue weighted by Gasteiger charge is 2.31. The first-order chi connectivity index (χ1) is 10.2. The van der Waals surface area contributed by atoms with Crippen molar-refractivity contribution in [3.63, 3.8) is 0 Å². The number of benzene rings is 1. The number of pyridine rings is 1. The minimum absolute atomic E-state index is 0.104. The average molecular weight is 457 g/mol. The molecule has 3 nitrogen and oxygen atoms in total. The van der Waals surface area contributed by atoms with E-state index in [1.165, 1.54) is 0 Å². The minimum Gasteiger partial charge on any atom is -0.332 e. The molecule has 108 valence electrons. The van der Waals surface area contributed by atoms with Gasteiger partial charge in [-0.3, -0.25) is 9.78 Å². The lowest BCUT2D eigenvalue weighted by molar-refractivity contribution is 0.0734. The van der Waals surface area contributed by atoms with Crippen molar-refractivity contribution in [2.75, 3.05) is 6.54 Å². The third-order valence-corrected chi connectivity index (χ3v) is 5.18. The Hall–Kier alpha value is -0.950. The first-order valence-corrected chi connectivity index (χ1v) is 8.70. The van der Waals surface area contributed by atoms with Gasteiger partial charge in [-0.15, -0.1) is 0 Å². The summed E-state index contributed by atoms with van der Waals surface area (Å²) in [4.78, 5) is 19.0. The Labute approximate surface area is 146 Å². The quantitative estimate of drug-likeness (QED) is 0.626. The fraction of sp³-hybridized carbons (Fsp3) is 0.250. The van der Waals surface area contributed by atoms with Gasteiger partial charge >= 0.3 is 0 Å². The van der Waals surface area contributed by atoms with Crippen LogP contribution in [0, 0.1) is 3.57 Å². The van der Waals surface area contributed by atoms with Crippen molar-refractivity contribution in [2.24, 2.45) is 0 Å². The van der Waals surface area contributed by atoms with Crippen molar-refractivity contribution in [2.45, 2.75) is 18.9 Å². The van der Waals surface area contributed by atoms with Gasteiger partial charge in [-0.2, -0.15) is 0 Å². The maximum atomic E-state index is 12.9. The number of amides is 1. The number of carbonyl (C=O) groups is 1. The maximum absolute atomic E-state index is 12.9. The SMILES string of the molecule is O=C(c1cc(Br)ccc1I)N1CCCC1c1cccnc1. The molecule has 1 fully saturated rings. The molecule has 2 aromatic rings. The Morgan fingerprint density at radius 1 is 1.38 bits per heavy atom. The lowest BCUT2D eigenvalue weighted by Gasteiger charge is -2.25. The second-order valence-corrected chi connectivity index (χ2v) is 7.14. The zero-order chi connectivity index (χ0) is 14.8. The molecule has 1 aliphatic heterocycles. The second kappa shape index (κ2) is 6.44. The van der Waals surface area contributed by atoms with Crippen molar-refractivity contribution >= 4 is 44.4 Å². The number of rotatable bonds is 2. The molecule has 1 aromatic carbocycles. The van der Waals surface area contributed by atoms with E-state index < -0.39 is 0 Å². The first-order valence-electron chi connectivity index (χ1n) is 6.83. The van der Waals surface area contributed by atoms with Crippen molar-refractivity contribution in [1.82, 2.24) is 9.88 Å². The van der Waals surface area contributed by atoms with Gasteiger partial charge in [0.2, 0.25) is 0 Å². The van der Waals surface area contributed by atoms with E-state index in [4.69, 9.17) is 0 Å². The van der Waals surface area contributed by atoms with E-state index in [9.17, 15) is 4.79 Å². The van der Waals surface area contributed by atoms with Crippen LogP contribution in [0.3, 0.4) is 0 Å². The third kappa shape index (κ3) is 3.13. The highest BCUT2D eigenvalue weighted by molar-refractivity contribution is 14.1. The predicted octanol–water partition coefficient (Wildman–Crippen LogP) is 4.43. The lowest BCUT2D eigenvalue weighted by atomic mass is 10.1. The molecule has 1 saturated heterocycles. The molecule has 2 heterocycles. The van der Waals surface area contributed by atoms with Crippen molar-refractivity contribution in [3.8, 4) is 0 Å².